The number of rotatable bonds is 7. The molecule has 4 aromatic rings. The highest BCUT2D eigenvalue weighted by Gasteiger charge is 2.15. The van der Waals surface area contributed by atoms with Crippen molar-refractivity contribution in [1.29, 1.82) is 0 Å². The molecule has 0 amide bonds. The van der Waals surface area contributed by atoms with Crippen LogP contribution in [0.15, 0.2) is 58.1 Å². The average molecular weight is 404 g/mol. The molecule has 1 aromatic carbocycles. The number of benzene rings is 1. The van der Waals surface area contributed by atoms with E-state index in [4.69, 9.17) is 4.98 Å². The molecule has 1 unspecified atom stereocenters. The summed E-state index contributed by atoms with van der Waals surface area (Å²) < 4.78 is 1.62. The van der Waals surface area contributed by atoms with Crippen molar-refractivity contribution in [3.05, 3.63) is 86.5 Å². The number of hydrogen-bond acceptors (Lipinski definition) is 4. The topological polar surface area (TPSA) is 84.6 Å². The van der Waals surface area contributed by atoms with E-state index < -0.39 is 0 Å². The summed E-state index contributed by atoms with van der Waals surface area (Å²) in [6.07, 6.45) is 2.11. The fraction of sp³-hybridized carbons (Fsp3) is 0.304. The van der Waals surface area contributed by atoms with E-state index in [1.54, 1.807) is 16.5 Å². The molecule has 0 radical (unpaired) electrons. The fourth-order valence-corrected chi connectivity index (χ4v) is 3.83. The number of nitrogens with zero attached hydrogens (tertiary/aromatic N) is 3. The molecular formula is C23H26N5O2+. The van der Waals surface area contributed by atoms with E-state index in [1.807, 2.05) is 43.3 Å². The molecule has 0 spiro atoms. The zero-order valence-corrected chi connectivity index (χ0v) is 17.3. The summed E-state index contributed by atoms with van der Waals surface area (Å²) in [5.41, 5.74) is 2.78. The number of H-pyrrole nitrogens is 1. The largest absolute Gasteiger partial charge is 0.324 e. The van der Waals surface area contributed by atoms with Crippen molar-refractivity contribution in [3.8, 4) is 0 Å². The van der Waals surface area contributed by atoms with Crippen molar-refractivity contribution < 1.29 is 4.90 Å². The van der Waals surface area contributed by atoms with Crippen molar-refractivity contribution in [2.24, 2.45) is 0 Å². The number of pyridine rings is 1. The molecule has 30 heavy (non-hydrogen) atoms. The van der Waals surface area contributed by atoms with Gasteiger partial charge in [-0.05, 0) is 37.6 Å². The third-order valence-electron chi connectivity index (χ3n) is 5.33. The maximum atomic E-state index is 12.6. The average Bonchev–Trinajstić information content (AvgIpc) is 2.72. The van der Waals surface area contributed by atoms with E-state index in [0.29, 0.717) is 35.5 Å². The van der Waals surface area contributed by atoms with Gasteiger partial charge in [-0.2, -0.15) is 0 Å². The van der Waals surface area contributed by atoms with Crippen LogP contribution >= 0.6 is 0 Å². The molecule has 154 valence electrons. The van der Waals surface area contributed by atoms with Gasteiger partial charge in [-0.15, -0.1) is 0 Å². The third kappa shape index (κ3) is 4.16. The Bertz CT molecular complexity index is 1310. The van der Waals surface area contributed by atoms with Gasteiger partial charge >= 0.3 is 0 Å². The lowest BCUT2D eigenvalue weighted by Gasteiger charge is -2.19. The number of fused-ring (bicyclic) bond motifs is 2. The Labute approximate surface area is 174 Å². The van der Waals surface area contributed by atoms with Gasteiger partial charge in [-0.1, -0.05) is 31.5 Å². The minimum Gasteiger partial charge on any atom is -0.324 e. The van der Waals surface area contributed by atoms with Gasteiger partial charge in [-0.25, -0.2) is 9.97 Å². The first-order chi connectivity index (χ1) is 14.5. The van der Waals surface area contributed by atoms with Crippen LogP contribution in [0.4, 0.5) is 0 Å². The molecule has 0 fully saturated rings. The molecule has 0 aliphatic rings. The highest BCUT2D eigenvalue weighted by molar-refractivity contribution is 5.77. The van der Waals surface area contributed by atoms with Gasteiger partial charge in [-0.3, -0.25) is 14.0 Å². The van der Waals surface area contributed by atoms with Crippen molar-refractivity contribution in [2.45, 2.75) is 39.8 Å². The lowest BCUT2D eigenvalue weighted by molar-refractivity contribution is -0.928. The molecule has 3 aromatic heterocycles. The van der Waals surface area contributed by atoms with Gasteiger partial charge in [0.05, 0.1) is 17.4 Å². The standard InChI is InChI=1S/C23H25N5O2/c1-3-4-12-27(15-20-25-19-10-6-5-9-18(19)23(30)26-20)14-17-13-22(29)28-16(2)8-7-11-21(28)24-17/h5-11,13H,3-4,12,14-15H2,1-2H3,(H,25,26,30)/p+1. The van der Waals surface area contributed by atoms with Gasteiger partial charge in [0.1, 0.15) is 24.4 Å². The molecule has 1 atom stereocenters. The van der Waals surface area contributed by atoms with E-state index in [9.17, 15) is 9.59 Å². The molecule has 0 saturated heterocycles. The summed E-state index contributed by atoms with van der Waals surface area (Å²) in [6.45, 7) is 6.11. The second-order valence-corrected chi connectivity index (χ2v) is 7.68. The number of aryl methyl sites for hydroxylation is 1. The summed E-state index contributed by atoms with van der Waals surface area (Å²) >= 11 is 0. The molecule has 0 saturated carbocycles. The monoisotopic (exact) mass is 404 g/mol. The minimum absolute atomic E-state index is 0.0693. The predicted molar refractivity (Wildman–Crippen MR) is 117 cm³/mol. The van der Waals surface area contributed by atoms with Crippen LogP contribution in [0, 0.1) is 6.92 Å². The van der Waals surface area contributed by atoms with Crippen LogP contribution in [0.2, 0.25) is 0 Å². The summed E-state index contributed by atoms with van der Waals surface area (Å²) in [6, 6.07) is 14.6. The molecule has 7 heteroatoms. The molecule has 0 aliphatic carbocycles. The smallest absolute Gasteiger partial charge is 0.258 e. The van der Waals surface area contributed by atoms with E-state index in [-0.39, 0.29) is 11.1 Å². The number of para-hydroxylation sites is 1. The Kier molecular flexibility index (Phi) is 5.72. The van der Waals surface area contributed by atoms with E-state index in [2.05, 4.69) is 16.9 Å². The Morgan fingerprint density at radius 1 is 1.03 bits per heavy atom. The molecule has 2 N–H and O–H groups in total. The molecule has 7 nitrogen and oxygen atoms in total. The van der Waals surface area contributed by atoms with Crippen LogP contribution in [-0.2, 0) is 13.1 Å². The third-order valence-corrected chi connectivity index (χ3v) is 5.33. The Morgan fingerprint density at radius 3 is 2.70 bits per heavy atom. The van der Waals surface area contributed by atoms with Crippen molar-refractivity contribution in [3.63, 3.8) is 0 Å². The van der Waals surface area contributed by atoms with Crippen LogP contribution < -0.4 is 16.0 Å². The molecular weight excluding hydrogens is 378 g/mol. The number of nitrogens with one attached hydrogen (secondary N) is 2. The van der Waals surface area contributed by atoms with E-state index >= 15 is 0 Å². The second kappa shape index (κ2) is 8.59. The minimum atomic E-state index is -0.122. The Balaban J connectivity index is 1.64. The first kappa shape index (κ1) is 20.0. The number of aromatic nitrogens is 4. The molecule has 3 heterocycles. The first-order valence-electron chi connectivity index (χ1n) is 10.3. The van der Waals surface area contributed by atoms with Crippen molar-refractivity contribution in [1.82, 2.24) is 19.4 Å². The maximum Gasteiger partial charge on any atom is 0.258 e. The zero-order valence-electron chi connectivity index (χ0n) is 17.3. The van der Waals surface area contributed by atoms with Crippen LogP contribution in [0.25, 0.3) is 16.6 Å². The second-order valence-electron chi connectivity index (χ2n) is 7.68. The molecule has 0 aliphatic heterocycles. The number of aromatic amines is 1. The SMILES string of the molecule is CCCC[NH+](Cc1cc(=O)n2c(C)cccc2n1)Cc1nc2ccccc2c(=O)[nH]1. The van der Waals surface area contributed by atoms with Gasteiger partial charge < -0.3 is 9.88 Å². The number of unbranched alkanes of at least 4 members (excludes halogenated alkanes) is 1. The Hall–Kier alpha value is -3.32. The van der Waals surface area contributed by atoms with Crippen LogP contribution in [0.5, 0.6) is 0 Å². The van der Waals surface area contributed by atoms with Crippen molar-refractivity contribution >= 4 is 16.6 Å². The highest BCUT2D eigenvalue weighted by atomic mass is 16.1. The van der Waals surface area contributed by atoms with Gasteiger partial charge in [0.15, 0.2) is 5.82 Å². The number of quaternary nitrogens is 1. The van der Waals surface area contributed by atoms with Crippen molar-refractivity contribution in [2.75, 3.05) is 6.54 Å². The van der Waals surface area contributed by atoms with Crippen LogP contribution in [0.3, 0.4) is 0 Å². The fourth-order valence-electron chi connectivity index (χ4n) is 3.83. The lowest BCUT2D eigenvalue weighted by Crippen LogP contribution is -3.09. The van der Waals surface area contributed by atoms with Gasteiger partial charge in [0, 0.05) is 11.8 Å². The van der Waals surface area contributed by atoms with E-state index in [1.165, 1.54) is 4.90 Å². The predicted octanol–water partition coefficient (Wildman–Crippen LogP) is 1.62. The normalized spacial score (nSPS) is 12.5. The maximum absolute atomic E-state index is 12.6. The zero-order chi connectivity index (χ0) is 21.1. The summed E-state index contributed by atoms with van der Waals surface area (Å²) in [5.74, 6) is 0.651. The van der Waals surface area contributed by atoms with Gasteiger partial charge in [0.25, 0.3) is 11.1 Å². The quantitative estimate of drug-likeness (QED) is 0.490. The van der Waals surface area contributed by atoms with Gasteiger partial charge in [0.2, 0.25) is 0 Å². The van der Waals surface area contributed by atoms with E-state index in [0.717, 1.165) is 30.8 Å². The number of hydrogen-bond donors (Lipinski definition) is 2. The summed E-state index contributed by atoms with van der Waals surface area (Å²) in [5, 5.41) is 0.593. The first-order valence-corrected chi connectivity index (χ1v) is 10.3. The highest BCUT2D eigenvalue weighted by Crippen LogP contribution is 2.05. The molecule has 0 bridgehead atoms. The van der Waals surface area contributed by atoms with Crippen LogP contribution in [0.1, 0.15) is 37.0 Å². The summed E-state index contributed by atoms with van der Waals surface area (Å²) in [7, 11) is 0. The Morgan fingerprint density at radius 2 is 1.87 bits per heavy atom. The lowest BCUT2D eigenvalue weighted by atomic mass is 10.2. The van der Waals surface area contributed by atoms with Crippen LogP contribution in [-0.4, -0.2) is 25.9 Å². The summed E-state index contributed by atoms with van der Waals surface area (Å²) in [4.78, 5) is 38.5. The molecule has 4 rings (SSSR count).